The summed E-state index contributed by atoms with van der Waals surface area (Å²) in [6, 6.07) is 1.93. The van der Waals surface area contributed by atoms with Crippen molar-refractivity contribution in [1.82, 2.24) is 15.5 Å². The molecule has 0 aliphatic carbocycles. The zero-order valence-corrected chi connectivity index (χ0v) is 10.6. The van der Waals surface area contributed by atoms with Gasteiger partial charge in [0.25, 0.3) is 0 Å². The van der Waals surface area contributed by atoms with Crippen LogP contribution in [0.15, 0.2) is 34.0 Å². The van der Waals surface area contributed by atoms with Gasteiger partial charge in [0.1, 0.15) is 0 Å². The van der Waals surface area contributed by atoms with Gasteiger partial charge in [-0.2, -0.15) is 16.3 Å². The Hall–Kier alpha value is -1.95. The van der Waals surface area contributed by atoms with Gasteiger partial charge >= 0.3 is 0 Å². The molecule has 0 saturated heterocycles. The SMILES string of the molecule is C=CCNC(=O)CCc1nc(-c2ccsc2)no1. The minimum Gasteiger partial charge on any atom is -0.353 e. The van der Waals surface area contributed by atoms with Gasteiger partial charge in [-0.1, -0.05) is 11.2 Å². The second kappa shape index (κ2) is 6.11. The summed E-state index contributed by atoms with van der Waals surface area (Å²) in [5, 5.41) is 10.5. The zero-order valence-electron chi connectivity index (χ0n) is 9.76. The summed E-state index contributed by atoms with van der Waals surface area (Å²) in [5.74, 6) is 0.993. The molecule has 0 fully saturated rings. The lowest BCUT2D eigenvalue weighted by Gasteiger charge is -1.98. The summed E-state index contributed by atoms with van der Waals surface area (Å²) in [5.41, 5.74) is 0.936. The molecule has 1 amide bonds. The Morgan fingerprint density at radius 3 is 3.22 bits per heavy atom. The van der Waals surface area contributed by atoms with Gasteiger partial charge in [-0.25, -0.2) is 0 Å². The number of rotatable bonds is 6. The van der Waals surface area contributed by atoms with Crippen LogP contribution in [0, 0.1) is 0 Å². The van der Waals surface area contributed by atoms with Crippen LogP contribution in [0.3, 0.4) is 0 Å². The van der Waals surface area contributed by atoms with E-state index in [-0.39, 0.29) is 5.91 Å². The van der Waals surface area contributed by atoms with E-state index in [2.05, 4.69) is 22.0 Å². The van der Waals surface area contributed by atoms with E-state index in [1.807, 2.05) is 16.8 Å². The number of hydrogen-bond donors (Lipinski definition) is 1. The number of aryl methyl sites for hydroxylation is 1. The molecular weight excluding hydrogens is 250 g/mol. The molecule has 0 atom stereocenters. The van der Waals surface area contributed by atoms with E-state index in [9.17, 15) is 4.79 Å². The maximum absolute atomic E-state index is 11.4. The highest BCUT2D eigenvalue weighted by molar-refractivity contribution is 7.08. The molecule has 0 aliphatic rings. The van der Waals surface area contributed by atoms with E-state index < -0.39 is 0 Å². The lowest BCUT2D eigenvalue weighted by atomic mass is 10.3. The Morgan fingerprint density at radius 1 is 1.61 bits per heavy atom. The standard InChI is InChI=1S/C12H13N3O2S/c1-2-6-13-10(16)3-4-11-14-12(15-17-11)9-5-7-18-8-9/h2,5,7-8H,1,3-4,6H2,(H,13,16). The smallest absolute Gasteiger partial charge is 0.227 e. The molecule has 94 valence electrons. The Kier molecular flexibility index (Phi) is 4.25. The van der Waals surface area contributed by atoms with Crippen molar-refractivity contribution in [3.63, 3.8) is 0 Å². The molecule has 0 spiro atoms. The van der Waals surface area contributed by atoms with Crippen molar-refractivity contribution in [2.24, 2.45) is 0 Å². The van der Waals surface area contributed by atoms with Crippen LogP contribution in [0.5, 0.6) is 0 Å². The van der Waals surface area contributed by atoms with Crippen molar-refractivity contribution in [3.8, 4) is 11.4 Å². The van der Waals surface area contributed by atoms with Gasteiger partial charge in [0.2, 0.25) is 17.6 Å². The number of thiophene rings is 1. The van der Waals surface area contributed by atoms with Gasteiger partial charge in [-0.15, -0.1) is 6.58 Å². The monoisotopic (exact) mass is 263 g/mol. The van der Waals surface area contributed by atoms with Gasteiger partial charge in [0.15, 0.2) is 0 Å². The number of nitrogens with one attached hydrogen (secondary N) is 1. The quantitative estimate of drug-likeness (QED) is 0.810. The first-order valence-corrected chi connectivity index (χ1v) is 6.46. The van der Waals surface area contributed by atoms with E-state index >= 15 is 0 Å². The summed E-state index contributed by atoms with van der Waals surface area (Å²) in [4.78, 5) is 15.6. The molecule has 0 unspecified atom stereocenters. The van der Waals surface area contributed by atoms with Gasteiger partial charge in [-0.05, 0) is 11.4 Å². The van der Waals surface area contributed by atoms with E-state index in [1.165, 1.54) is 0 Å². The minimum atomic E-state index is -0.0508. The molecule has 0 bridgehead atoms. The third-order valence-corrected chi connectivity index (χ3v) is 2.94. The Bertz CT molecular complexity index is 519. The van der Waals surface area contributed by atoms with E-state index in [0.29, 0.717) is 31.1 Å². The second-order valence-corrected chi connectivity index (χ2v) is 4.40. The highest BCUT2D eigenvalue weighted by atomic mass is 32.1. The van der Waals surface area contributed by atoms with Crippen LogP contribution >= 0.6 is 11.3 Å². The van der Waals surface area contributed by atoms with Crippen LogP contribution < -0.4 is 5.32 Å². The largest absolute Gasteiger partial charge is 0.353 e. The van der Waals surface area contributed by atoms with Crippen LogP contribution in [-0.2, 0) is 11.2 Å². The first-order chi connectivity index (χ1) is 8.79. The third-order valence-electron chi connectivity index (χ3n) is 2.26. The van der Waals surface area contributed by atoms with Crippen molar-refractivity contribution >= 4 is 17.2 Å². The molecule has 0 aliphatic heterocycles. The molecule has 0 radical (unpaired) electrons. The Morgan fingerprint density at radius 2 is 2.50 bits per heavy atom. The lowest BCUT2D eigenvalue weighted by molar-refractivity contribution is -0.120. The lowest BCUT2D eigenvalue weighted by Crippen LogP contribution is -2.23. The van der Waals surface area contributed by atoms with Crippen molar-refractivity contribution < 1.29 is 9.32 Å². The summed E-state index contributed by atoms with van der Waals surface area (Å²) in [6.07, 6.45) is 2.42. The van der Waals surface area contributed by atoms with E-state index in [1.54, 1.807) is 17.4 Å². The number of amides is 1. The highest BCUT2D eigenvalue weighted by Gasteiger charge is 2.10. The maximum atomic E-state index is 11.4. The molecule has 0 saturated carbocycles. The summed E-state index contributed by atoms with van der Waals surface area (Å²) >= 11 is 1.58. The number of nitrogens with zero attached hydrogens (tertiary/aromatic N) is 2. The summed E-state index contributed by atoms with van der Waals surface area (Å²) < 4.78 is 5.09. The predicted molar refractivity (Wildman–Crippen MR) is 69.1 cm³/mol. The van der Waals surface area contributed by atoms with E-state index in [0.717, 1.165) is 5.56 Å². The third kappa shape index (κ3) is 3.27. The number of hydrogen-bond acceptors (Lipinski definition) is 5. The van der Waals surface area contributed by atoms with Gasteiger partial charge in [0.05, 0.1) is 0 Å². The average molecular weight is 263 g/mol. The van der Waals surface area contributed by atoms with Crippen LogP contribution in [0.2, 0.25) is 0 Å². The van der Waals surface area contributed by atoms with Crippen molar-refractivity contribution in [3.05, 3.63) is 35.4 Å². The van der Waals surface area contributed by atoms with Crippen LogP contribution in [0.4, 0.5) is 0 Å². The van der Waals surface area contributed by atoms with Gasteiger partial charge in [-0.3, -0.25) is 4.79 Å². The molecule has 0 aromatic carbocycles. The minimum absolute atomic E-state index is 0.0508. The van der Waals surface area contributed by atoms with Gasteiger partial charge in [0, 0.05) is 30.3 Å². The predicted octanol–water partition coefficient (Wildman–Crippen LogP) is 2.03. The number of carbonyl (C=O) groups excluding carboxylic acids is 1. The summed E-state index contributed by atoms with van der Waals surface area (Å²) in [6.45, 7) is 4.00. The molecule has 2 rings (SSSR count). The normalized spacial score (nSPS) is 10.2. The molecule has 6 heteroatoms. The molecule has 18 heavy (non-hydrogen) atoms. The summed E-state index contributed by atoms with van der Waals surface area (Å²) in [7, 11) is 0. The molecule has 5 nitrogen and oxygen atoms in total. The second-order valence-electron chi connectivity index (χ2n) is 3.62. The van der Waals surface area contributed by atoms with Crippen molar-refractivity contribution in [1.29, 1.82) is 0 Å². The molecular formula is C12H13N3O2S. The first kappa shape index (κ1) is 12.5. The fourth-order valence-corrected chi connectivity index (χ4v) is 1.99. The molecule has 2 aromatic heterocycles. The molecule has 1 N–H and O–H groups in total. The molecule has 2 aromatic rings. The average Bonchev–Trinajstić information content (AvgIpc) is 3.03. The Balaban J connectivity index is 1.87. The van der Waals surface area contributed by atoms with Crippen LogP contribution in [0.1, 0.15) is 12.3 Å². The van der Waals surface area contributed by atoms with Crippen molar-refractivity contribution in [2.75, 3.05) is 6.54 Å². The van der Waals surface area contributed by atoms with Crippen molar-refractivity contribution in [2.45, 2.75) is 12.8 Å². The fraction of sp³-hybridized carbons (Fsp3) is 0.250. The maximum Gasteiger partial charge on any atom is 0.227 e. The topological polar surface area (TPSA) is 68.0 Å². The van der Waals surface area contributed by atoms with Crippen LogP contribution in [0.25, 0.3) is 11.4 Å². The van der Waals surface area contributed by atoms with Crippen LogP contribution in [-0.4, -0.2) is 22.6 Å². The molecule has 2 heterocycles. The first-order valence-electron chi connectivity index (χ1n) is 5.52. The Labute approximate surface area is 109 Å². The number of carbonyl (C=O) groups is 1. The number of aromatic nitrogens is 2. The van der Waals surface area contributed by atoms with E-state index in [4.69, 9.17) is 4.52 Å². The van der Waals surface area contributed by atoms with Gasteiger partial charge < -0.3 is 9.84 Å². The highest BCUT2D eigenvalue weighted by Crippen LogP contribution is 2.18. The zero-order chi connectivity index (χ0) is 12.8. The fourth-order valence-electron chi connectivity index (χ4n) is 1.36.